The summed E-state index contributed by atoms with van der Waals surface area (Å²) in [5, 5.41) is 9.48. The molecule has 0 saturated carbocycles. The van der Waals surface area contributed by atoms with Gasteiger partial charge < -0.3 is 15.0 Å². The number of aromatic amines is 1. The normalized spacial score (nSPS) is 17.0. The topological polar surface area (TPSA) is 90.5 Å². The highest BCUT2D eigenvalue weighted by atomic mass is 32.1. The maximum atomic E-state index is 12.4. The molecule has 2 rings (SSSR count). The van der Waals surface area contributed by atoms with Gasteiger partial charge in [-0.15, -0.1) is 6.58 Å². The van der Waals surface area contributed by atoms with Crippen LogP contribution in [-0.4, -0.2) is 34.4 Å². The molecule has 0 amide bonds. The Labute approximate surface area is 188 Å². The van der Waals surface area contributed by atoms with Crippen LogP contribution < -0.4 is 9.77 Å². The summed E-state index contributed by atoms with van der Waals surface area (Å²) in [6, 6.07) is -0.0685. The minimum absolute atomic E-state index is 0.0685. The quantitative estimate of drug-likeness (QED) is 0.276. The predicted molar refractivity (Wildman–Crippen MR) is 129 cm³/mol. The number of ketones is 1. The first kappa shape index (κ1) is 26.4. The van der Waals surface area contributed by atoms with E-state index in [1.165, 1.54) is 0 Å². The van der Waals surface area contributed by atoms with Crippen molar-refractivity contribution in [3.8, 4) is 0 Å². The molecule has 31 heavy (non-hydrogen) atoms. The van der Waals surface area contributed by atoms with Crippen LogP contribution in [0.25, 0.3) is 0 Å². The number of allylic oxidation sites excluding steroid dienone is 5. The highest BCUT2D eigenvalue weighted by Gasteiger charge is 2.29. The standard InChI is InChI=1S/C22H28N2O4S.C2H6/c1-4-15(3)10-9-13-17(16-11-7-6-8-12-16)24(5-2)21-20(23-22(28)29-21)18(25)14-19(26)27;1-2/h4,6-9,11,13,15-17H,1,5,10,12,14H2,2-3H3,(H,23,28)(H,26,27);1-2H3/b13-9+;. The van der Waals surface area contributed by atoms with Crippen molar-refractivity contribution in [3.63, 3.8) is 0 Å². The zero-order chi connectivity index (χ0) is 23.4. The van der Waals surface area contributed by atoms with Crippen molar-refractivity contribution in [1.29, 1.82) is 0 Å². The molecule has 3 unspecified atom stereocenters. The molecule has 0 fully saturated rings. The number of aromatic nitrogens is 1. The first-order chi connectivity index (χ1) is 14.9. The lowest BCUT2D eigenvalue weighted by molar-refractivity contribution is -0.135. The number of Topliss-reactive ketones (excluding diaryl/α,β-unsaturated/α-hetero) is 1. The van der Waals surface area contributed by atoms with E-state index in [1.807, 2.05) is 43.9 Å². The van der Waals surface area contributed by atoms with Gasteiger partial charge in [-0.2, -0.15) is 0 Å². The predicted octanol–water partition coefficient (Wildman–Crippen LogP) is 5.22. The van der Waals surface area contributed by atoms with Crippen LogP contribution >= 0.6 is 11.3 Å². The van der Waals surface area contributed by atoms with Gasteiger partial charge in [-0.1, -0.05) is 74.6 Å². The number of thiazole rings is 1. The molecular formula is C24H34N2O4S. The van der Waals surface area contributed by atoms with Crippen molar-refractivity contribution in [1.82, 2.24) is 4.98 Å². The number of carboxylic acid groups (broad SMARTS) is 1. The van der Waals surface area contributed by atoms with Gasteiger partial charge in [0.25, 0.3) is 0 Å². The lowest BCUT2D eigenvalue weighted by Gasteiger charge is -2.35. The summed E-state index contributed by atoms with van der Waals surface area (Å²) < 4.78 is 0. The fourth-order valence-corrected chi connectivity index (χ4v) is 4.25. The van der Waals surface area contributed by atoms with Crippen LogP contribution in [0, 0.1) is 11.8 Å². The van der Waals surface area contributed by atoms with Crippen molar-refractivity contribution < 1.29 is 14.7 Å². The minimum atomic E-state index is -1.22. The zero-order valence-corrected chi connectivity index (χ0v) is 19.7. The van der Waals surface area contributed by atoms with Gasteiger partial charge in [-0.05, 0) is 25.7 Å². The van der Waals surface area contributed by atoms with Gasteiger partial charge in [-0.3, -0.25) is 14.4 Å². The number of rotatable bonds is 11. The third-order valence-corrected chi connectivity index (χ3v) is 5.80. The molecule has 0 aromatic carbocycles. The summed E-state index contributed by atoms with van der Waals surface area (Å²) in [5.74, 6) is -1.28. The monoisotopic (exact) mass is 446 g/mol. The summed E-state index contributed by atoms with van der Waals surface area (Å²) in [5.41, 5.74) is 0.0810. The van der Waals surface area contributed by atoms with Crippen molar-refractivity contribution in [3.05, 3.63) is 64.5 Å². The largest absolute Gasteiger partial charge is 0.481 e. The Morgan fingerprint density at radius 2 is 2.10 bits per heavy atom. The average molecular weight is 447 g/mol. The number of hydrogen-bond donors (Lipinski definition) is 2. The second-order valence-corrected chi connectivity index (χ2v) is 8.02. The summed E-state index contributed by atoms with van der Waals surface area (Å²) in [6.45, 7) is 12.4. The SMILES string of the molecule is C=CC(C)C/C=C/C(C1C=CC=CC1)N(CC)c1sc(=O)[nH]c1C(=O)CC(=O)O.CC. The van der Waals surface area contributed by atoms with Gasteiger partial charge in [0, 0.05) is 12.5 Å². The van der Waals surface area contributed by atoms with Gasteiger partial charge in [-0.25, -0.2) is 0 Å². The van der Waals surface area contributed by atoms with Crippen LogP contribution in [0.3, 0.4) is 0 Å². The number of nitrogens with zero attached hydrogens (tertiary/aromatic N) is 1. The van der Waals surface area contributed by atoms with Gasteiger partial charge in [0.05, 0.1) is 6.04 Å². The highest BCUT2D eigenvalue weighted by Crippen LogP contribution is 2.31. The molecule has 0 radical (unpaired) electrons. The zero-order valence-electron chi connectivity index (χ0n) is 18.8. The number of carbonyl (C=O) groups excluding carboxylic acids is 1. The molecule has 6 nitrogen and oxygen atoms in total. The molecule has 0 saturated heterocycles. The molecule has 1 heterocycles. The Morgan fingerprint density at radius 1 is 1.39 bits per heavy atom. The van der Waals surface area contributed by atoms with Crippen LogP contribution in [0.5, 0.6) is 0 Å². The lowest BCUT2D eigenvalue weighted by Crippen LogP contribution is -2.39. The number of nitrogens with one attached hydrogen (secondary N) is 1. The summed E-state index contributed by atoms with van der Waals surface area (Å²) in [4.78, 5) is 39.7. The fraction of sp³-hybridized carbons (Fsp3) is 0.458. The van der Waals surface area contributed by atoms with Gasteiger partial charge in [0.1, 0.15) is 17.1 Å². The van der Waals surface area contributed by atoms with E-state index >= 15 is 0 Å². The van der Waals surface area contributed by atoms with Crippen LogP contribution in [0.4, 0.5) is 5.00 Å². The first-order valence-electron chi connectivity index (χ1n) is 10.7. The molecule has 1 aliphatic rings. The molecule has 0 spiro atoms. The number of carbonyl (C=O) groups is 2. The van der Waals surface area contributed by atoms with E-state index in [-0.39, 0.29) is 22.5 Å². The number of likely N-dealkylation sites (N-methyl/N-ethyl adjacent to an activating group) is 1. The van der Waals surface area contributed by atoms with E-state index in [1.54, 1.807) is 0 Å². The third kappa shape index (κ3) is 7.83. The van der Waals surface area contributed by atoms with E-state index in [4.69, 9.17) is 5.11 Å². The maximum Gasteiger partial charge on any atom is 0.311 e. The Kier molecular flexibility index (Phi) is 11.6. The van der Waals surface area contributed by atoms with E-state index in [2.05, 4.69) is 42.8 Å². The van der Waals surface area contributed by atoms with E-state index in [0.29, 0.717) is 17.5 Å². The second-order valence-electron chi connectivity index (χ2n) is 7.05. The summed E-state index contributed by atoms with van der Waals surface area (Å²) >= 11 is 0.948. The molecule has 2 N–H and O–H groups in total. The Bertz CT molecular complexity index is 878. The number of H-pyrrole nitrogens is 1. The Morgan fingerprint density at radius 3 is 2.65 bits per heavy atom. The van der Waals surface area contributed by atoms with E-state index in [9.17, 15) is 14.4 Å². The Balaban J connectivity index is 0.00000233. The van der Waals surface area contributed by atoms with Crippen LogP contribution in [0.15, 0.2) is 53.9 Å². The maximum absolute atomic E-state index is 12.4. The Hall–Kier alpha value is -2.67. The van der Waals surface area contributed by atoms with Gasteiger partial charge in [0.15, 0.2) is 5.78 Å². The molecule has 1 aromatic heterocycles. The van der Waals surface area contributed by atoms with Crippen molar-refractivity contribution in [2.45, 2.75) is 53.0 Å². The van der Waals surface area contributed by atoms with Crippen molar-refractivity contribution >= 4 is 28.1 Å². The molecule has 7 heteroatoms. The average Bonchev–Trinajstić information content (AvgIpc) is 3.16. The first-order valence-corrected chi connectivity index (χ1v) is 11.6. The molecule has 3 atom stereocenters. The number of carboxylic acids is 1. The minimum Gasteiger partial charge on any atom is -0.481 e. The molecule has 170 valence electrons. The molecule has 1 aliphatic carbocycles. The molecule has 0 aliphatic heterocycles. The van der Waals surface area contributed by atoms with Crippen LogP contribution in [0.1, 0.15) is 57.4 Å². The van der Waals surface area contributed by atoms with Gasteiger partial charge in [0.2, 0.25) is 0 Å². The third-order valence-electron chi connectivity index (χ3n) is 4.88. The summed E-state index contributed by atoms with van der Waals surface area (Å²) in [6.07, 6.45) is 15.4. The molecular weight excluding hydrogens is 412 g/mol. The van der Waals surface area contributed by atoms with Crippen LogP contribution in [0.2, 0.25) is 0 Å². The number of aliphatic carboxylic acids is 1. The van der Waals surface area contributed by atoms with Crippen molar-refractivity contribution in [2.75, 3.05) is 11.4 Å². The molecule has 0 bridgehead atoms. The smallest absolute Gasteiger partial charge is 0.311 e. The fourth-order valence-electron chi connectivity index (χ4n) is 3.29. The summed E-state index contributed by atoms with van der Waals surface area (Å²) in [7, 11) is 0. The van der Waals surface area contributed by atoms with E-state index in [0.717, 1.165) is 24.2 Å². The molecule has 1 aromatic rings. The second kappa shape index (κ2) is 13.6. The van der Waals surface area contributed by atoms with Gasteiger partial charge >= 0.3 is 10.8 Å². The van der Waals surface area contributed by atoms with E-state index < -0.39 is 18.2 Å². The lowest BCUT2D eigenvalue weighted by atomic mass is 9.90. The number of anilines is 1. The van der Waals surface area contributed by atoms with Crippen molar-refractivity contribution in [2.24, 2.45) is 11.8 Å². The van der Waals surface area contributed by atoms with Crippen LogP contribution in [-0.2, 0) is 4.79 Å². The highest BCUT2D eigenvalue weighted by molar-refractivity contribution is 7.13. The number of hydrogen-bond acceptors (Lipinski definition) is 5.